The second-order valence-electron chi connectivity index (χ2n) is 6.83. The smallest absolute Gasteiger partial charge is 0.332 e. The number of H-pyrrole nitrogens is 1. The molecule has 1 amide bonds. The molecule has 2 aliphatic heterocycles. The number of carbonyl (C=O) groups is 1. The van der Waals surface area contributed by atoms with Crippen molar-refractivity contribution in [3.05, 3.63) is 40.4 Å². The Morgan fingerprint density at radius 1 is 1.46 bits per heavy atom. The molecule has 1 aromatic heterocycles. The molecule has 0 spiro atoms. The van der Waals surface area contributed by atoms with E-state index in [1.54, 1.807) is 18.2 Å². The number of nitrogens with one attached hydrogen (secondary N) is 4. The first-order valence-electron chi connectivity index (χ1n) is 9.14. The topological polar surface area (TPSA) is 139 Å². The number of hydrogen-bond donors (Lipinski definition) is 5. The van der Waals surface area contributed by atoms with Crippen molar-refractivity contribution in [2.24, 2.45) is 10.7 Å². The Labute approximate surface area is 161 Å². The Hall–Kier alpha value is -3.11. The van der Waals surface area contributed by atoms with Crippen molar-refractivity contribution >= 4 is 17.9 Å². The normalized spacial score (nSPS) is 23.2. The van der Waals surface area contributed by atoms with Crippen LogP contribution >= 0.6 is 0 Å². The van der Waals surface area contributed by atoms with Crippen LogP contribution in [0.2, 0.25) is 0 Å². The molecule has 148 valence electrons. The van der Waals surface area contributed by atoms with Crippen molar-refractivity contribution in [2.75, 3.05) is 25.5 Å². The van der Waals surface area contributed by atoms with E-state index in [2.05, 4.69) is 25.9 Å². The second-order valence-corrected chi connectivity index (χ2v) is 6.83. The first kappa shape index (κ1) is 18.3. The number of carbonyl (C=O) groups excluding carboxylic acids is 1. The number of methoxy groups -OCH3 is 1. The first-order valence-corrected chi connectivity index (χ1v) is 9.14. The van der Waals surface area contributed by atoms with Gasteiger partial charge in [0.25, 0.3) is 11.7 Å². The molecule has 0 saturated carbocycles. The SMILES string of the molecule is COc1ccccc1-n1c2c([nH]c1=O)C=N[C@@](NCC1CCCN1)(C(N)=O)N2. The molecular formula is C18H23N7O3. The number of aromatic amines is 1. The molecule has 2 atom stereocenters. The monoisotopic (exact) mass is 385 g/mol. The Kier molecular flexibility index (Phi) is 4.65. The Morgan fingerprint density at radius 3 is 3.00 bits per heavy atom. The van der Waals surface area contributed by atoms with Gasteiger partial charge in [0.15, 0.2) is 0 Å². The maximum absolute atomic E-state index is 12.6. The number of anilines is 1. The van der Waals surface area contributed by atoms with Gasteiger partial charge in [-0.15, -0.1) is 0 Å². The molecule has 1 aromatic carbocycles. The van der Waals surface area contributed by atoms with E-state index in [0.717, 1.165) is 19.4 Å². The highest BCUT2D eigenvalue weighted by atomic mass is 16.5. The van der Waals surface area contributed by atoms with Crippen molar-refractivity contribution in [1.82, 2.24) is 20.2 Å². The summed E-state index contributed by atoms with van der Waals surface area (Å²) >= 11 is 0. The molecular weight excluding hydrogens is 362 g/mol. The molecule has 0 bridgehead atoms. The lowest BCUT2D eigenvalue weighted by Gasteiger charge is -2.33. The second kappa shape index (κ2) is 7.13. The molecule has 28 heavy (non-hydrogen) atoms. The van der Waals surface area contributed by atoms with Crippen LogP contribution in [-0.2, 0) is 4.79 Å². The van der Waals surface area contributed by atoms with Crippen molar-refractivity contribution in [3.63, 3.8) is 0 Å². The summed E-state index contributed by atoms with van der Waals surface area (Å²) in [4.78, 5) is 32.0. The van der Waals surface area contributed by atoms with E-state index in [0.29, 0.717) is 29.5 Å². The van der Waals surface area contributed by atoms with Crippen LogP contribution in [0.1, 0.15) is 18.5 Å². The van der Waals surface area contributed by atoms with Gasteiger partial charge in [-0.25, -0.2) is 14.4 Å². The molecule has 10 nitrogen and oxygen atoms in total. The zero-order valence-electron chi connectivity index (χ0n) is 15.5. The summed E-state index contributed by atoms with van der Waals surface area (Å²) in [5.41, 5.74) is 6.28. The van der Waals surface area contributed by atoms with Gasteiger partial charge in [-0.05, 0) is 31.5 Å². The van der Waals surface area contributed by atoms with Crippen molar-refractivity contribution in [3.8, 4) is 11.4 Å². The average molecular weight is 385 g/mol. The highest BCUT2D eigenvalue weighted by Crippen LogP contribution is 2.28. The van der Waals surface area contributed by atoms with E-state index < -0.39 is 11.7 Å². The average Bonchev–Trinajstić information content (AvgIpc) is 3.32. The van der Waals surface area contributed by atoms with Crippen LogP contribution < -0.4 is 32.1 Å². The van der Waals surface area contributed by atoms with Crippen LogP contribution in [0.5, 0.6) is 5.75 Å². The number of imidazole rings is 1. The minimum atomic E-state index is -1.55. The van der Waals surface area contributed by atoms with E-state index in [1.807, 2.05) is 6.07 Å². The van der Waals surface area contributed by atoms with E-state index in [4.69, 9.17) is 10.5 Å². The fourth-order valence-electron chi connectivity index (χ4n) is 3.58. The Morgan fingerprint density at radius 2 is 2.29 bits per heavy atom. The van der Waals surface area contributed by atoms with Crippen LogP contribution in [0, 0.1) is 0 Å². The number of hydrogen-bond acceptors (Lipinski definition) is 7. The summed E-state index contributed by atoms with van der Waals surface area (Å²) in [5.74, 6) is -1.33. The Bertz CT molecular complexity index is 974. The number of primary amides is 1. The van der Waals surface area contributed by atoms with E-state index >= 15 is 0 Å². The van der Waals surface area contributed by atoms with Gasteiger partial charge in [-0.1, -0.05) is 12.1 Å². The number of ether oxygens (including phenoxy) is 1. The predicted octanol–water partition coefficient (Wildman–Crippen LogP) is -0.501. The standard InChI is InChI=1S/C18H23N7O3/c1-28-14-7-3-2-6-13(14)25-15-12(23-17(25)27)10-22-18(24-15,16(19)26)21-9-11-5-4-8-20-11/h2-3,6-7,10-11,20-21,24H,4-5,8-9H2,1H3,(H2,19,26)(H,23,27)/t11?,18-/m0/s1. The van der Waals surface area contributed by atoms with Crippen molar-refractivity contribution in [1.29, 1.82) is 0 Å². The summed E-state index contributed by atoms with van der Waals surface area (Å²) in [7, 11) is 1.53. The van der Waals surface area contributed by atoms with E-state index in [1.165, 1.54) is 17.9 Å². The number of rotatable bonds is 6. The highest BCUT2D eigenvalue weighted by molar-refractivity contribution is 5.96. The maximum Gasteiger partial charge on any atom is 0.332 e. The predicted molar refractivity (Wildman–Crippen MR) is 105 cm³/mol. The molecule has 1 saturated heterocycles. The number of amides is 1. The largest absolute Gasteiger partial charge is 0.495 e. The lowest BCUT2D eigenvalue weighted by molar-refractivity contribution is -0.123. The number of benzene rings is 1. The minimum Gasteiger partial charge on any atom is -0.495 e. The quantitative estimate of drug-likeness (QED) is 0.454. The number of aliphatic imine (C=N–C) groups is 1. The lowest BCUT2D eigenvalue weighted by Crippen LogP contribution is -2.62. The molecule has 1 unspecified atom stereocenters. The van der Waals surface area contributed by atoms with Gasteiger partial charge in [-0.3, -0.25) is 10.1 Å². The lowest BCUT2D eigenvalue weighted by atomic mass is 10.2. The van der Waals surface area contributed by atoms with Gasteiger partial charge in [0.2, 0.25) is 0 Å². The third kappa shape index (κ3) is 3.06. The number of para-hydroxylation sites is 2. The molecule has 3 heterocycles. The fraction of sp³-hybridized carbons (Fsp3) is 0.389. The number of fused-ring (bicyclic) bond motifs is 1. The zero-order valence-corrected chi connectivity index (χ0v) is 15.5. The summed E-state index contributed by atoms with van der Waals surface area (Å²) in [5, 5.41) is 9.52. The number of nitrogens with zero attached hydrogens (tertiary/aromatic N) is 2. The molecule has 1 fully saturated rings. The van der Waals surface area contributed by atoms with Gasteiger partial charge >= 0.3 is 5.69 Å². The number of nitrogens with two attached hydrogens (primary N) is 1. The van der Waals surface area contributed by atoms with Crippen LogP contribution in [0.25, 0.3) is 5.69 Å². The van der Waals surface area contributed by atoms with Gasteiger partial charge in [0, 0.05) is 12.6 Å². The van der Waals surface area contributed by atoms with E-state index in [9.17, 15) is 9.59 Å². The molecule has 2 aromatic rings. The molecule has 0 radical (unpaired) electrons. The van der Waals surface area contributed by atoms with Crippen LogP contribution in [0.4, 0.5) is 5.82 Å². The van der Waals surface area contributed by atoms with E-state index in [-0.39, 0.29) is 11.7 Å². The summed E-state index contributed by atoms with van der Waals surface area (Å²) < 4.78 is 6.79. The van der Waals surface area contributed by atoms with Gasteiger partial charge in [0.05, 0.1) is 19.0 Å². The van der Waals surface area contributed by atoms with Crippen LogP contribution in [0.3, 0.4) is 0 Å². The third-order valence-corrected chi connectivity index (χ3v) is 5.06. The first-order chi connectivity index (χ1) is 13.5. The number of aromatic nitrogens is 2. The van der Waals surface area contributed by atoms with Gasteiger partial charge in [-0.2, -0.15) is 0 Å². The van der Waals surface area contributed by atoms with Gasteiger partial charge in [0.1, 0.15) is 17.3 Å². The van der Waals surface area contributed by atoms with Crippen LogP contribution in [-0.4, -0.2) is 53.7 Å². The highest BCUT2D eigenvalue weighted by Gasteiger charge is 2.41. The molecule has 0 aliphatic carbocycles. The molecule has 6 N–H and O–H groups in total. The van der Waals surface area contributed by atoms with Crippen molar-refractivity contribution in [2.45, 2.75) is 24.7 Å². The molecule has 2 aliphatic rings. The molecule has 10 heteroatoms. The van der Waals surface area contributed by atoms with Gasteiger partial charge < -0.3 is 26.1 Å². The third-order valence-electron chi connectivity index (χ3n) is 5.06. The summed E-state index contributed by atoms with van der Waals surface area (Å²) in [6.45, 7) is 1.45. The maximum atomic E-state index is 12.6. The zero-order chi connectivity index (χ0) is 19.7. The summed E-state index contributed by atoms with van der Waals surface area (Å²) in [6, 6.07) is 7.35. The van der Waals surface area contributed by atoms with Crippen LogP contribution in [0.15, 0.2) is 34.1 Å². The minimum absolute atomic E-state index is 0.234. The fourth-order valence-corrected chi connectivity index (χ4v) is 3.58. The van der Waals surface area contributed by atoms with Crippen molar-refractivity contribution < 1.29 is 9.53 Å². The Balaban J connectivity index is 1.72. The summed E-state index contributed by atoms with van der Waals surface area (Å²) in [6.07, 6.45) is 3.54. The molecule has 4 rings (SSSR count).